The molecule has 1 aromatic rings. The summed E-state index contributed by atoms with van der Waals surface area (Å²) in [5.41, 5.74) is 0. The molecule has 0 spiro atoms. The van der Waals surface area contributed by atoms with Crippen LogP contribution in [0.1, 0.15) is 32.6 Å². The quantitative estimate of drug-likeness (QED) is 0.817. The second kappa shape index (κ2) is 5.69. The van der Waals surface area contributed by atoms with Crippen molar-refractivity contribution in [3.8, 4) is 0 Å². The van der Waals surface area contributed by atoms with Crippen LogP contribution < -0.4 is 4.90 Å². The summed E-state index contributed by atoms with van der Waals surface area (Å²) in [6.07, 6.45) is 3.21. The fraction of sp³-hybridized carbons (Fsp3) is 0.846. The molecule has 0 radical (unpaired) electrons. The summed E-state index contributed by atoms with van der Waals surface area (Å²) in [5.74, 6) is 2.27. The van der Waals surface area contributed by atoms with Gasteiger partial charge in [0, 0.05) is 25.6 Å². The van der Waals surface area contributed by atoms with Gasteiger partial charge >= 0.3 is 0 Å². The van der Waals surface area contributed by atoms with Gasteiger partial charge in [0.1, 0.15) is 0 Å². The molecular formula is C13H24N4O. The lowest BCUT2D eigenvalue weighted by atomic mass is 9.90. The van der Waals surface area contributed by atoms with Crippen molar-refractivity contribution in [2.45, 2.75) is 39.2 Å². The third-order valence-electron chi connectivity index (χ3n) is 4.08. The smallest absolute Gasteiger partial charge is 0.266 e. The zero-order valence-electron chi connectivity index (χ0n) is 11.9. The van der Waals surface area contributed by atoms with Gasteiger partial charge in [-0.3, -0.25) is 0 Å². The highest BCUT2D eigenvalue weighted by Crippen LogP contribution is 2.25. The molecule has 18 heavy (non-hydrogen) atoms. The Balaban J connectivity index is 1.90. The summed E-state index contributed by atoms with van der Waals surface area (Å²) in [6, 6.07) is 0.642. The van der Waals surface area contributed by atoms with Crippen LogP contribution in [0.4, 0.5) is 5.95 Å². The van der Waals surface area contributed by atoms with Gasteiger partial charge in [0.2, 0.25) is 5.89 Å². The minimum Gasteiger partial charge on any atom is -0.338 e. The summed E-state index contributed by atoms with van der Waals surface area (Å²) < 4.78 is 5.17. The predicted octanol–water partition coefficient (Wildman–Crippen LogP) is 1.80. The van der Waals surface area contributed by atoms with Gasteiger partial charge in [-0.1, -0.05) is 6.92 Å². The lowest BCUT2D eigenvalue weighted by Gasteiger charge is -2.36. The van der Waals surface area contributed by atoms with Gasteiger partial charge in [-0.2, -0.15) is 4.98 Å². The van der Waals surface area contributed by atoms with E-state index in [1.54, 1.807) is 0 Å². The van der Waals surface area contributed by atoms with Crippen molar-refractivity contribution in [1.29, 1.82) is 0 Å². The first-order valence-electron chi connectivity index (χ1n) is 6.85. The van der Waals surface area contributed by atoms with E-state index in [0.29, 0.717) is 6.04 Å². The Kier molecular flexibility index (Phi) is 4.22. The van der Waals surface area contributed by atoms with Crippen LogP contribution >= 0.6 is 0 Å². The average molecular weight is 252 g/mol. The molecule has 2 rings (SSSR count). The van der Waals surface area contributed by atoms with E-state index in [2.05, 4.69) is 41.0 Å². The zero-order chi connectivity index (χ0) is 13.1. The molecule has 0 N–H and O–H groups in total. The standard InChI is InChI=1S/C13H24N4O/c1-5-12-14-13(15-18-12)17-8-6-11(7-9-17)10(2)16(3)4/h10-11H,5-9H2,1-4H3. The van der Waals surface area contributed by atoms with Crippen molar-refractivity contribution in [1.82, 2.24) is 15.0 Å². The topological polar surface area (TPSA) is 45.4 Å². The van der Waals surface area contributed by atoms with Gasteiger partial charge in [-0.25, -0.2) is 0 Å². The third-order valence-corrected chi connectivity index (χ3v) is 4.08. The zero-order valence-corrected chi connectivity index (χ0v) is 11.9. The van der Waals surface area contributed by atoms with Crippen molar-refractivity contribution in [2.24, 2.45) is 5.92 Å². The molecule has 0 aliphatic carbocycles. The van der Waals surface area contributed by atoms with Crippen molar-refractivity contribution >= 4 is 5.95 Å². The van der Waals surface area contributed by atoms with Crippen molar-refractivity contribution in [3.05, 3.63) is 5.89 Å². The molecule has 1 aliphatic heterocycles. The summed E-state index contributed by atoms with van der Waals surface area (Å²) in [5, 5.41) is 4.05. The molecule has 1 aliphatic rings. The van der Waals surface area contributed by atoms with Crippen molar-refractivity contribution in [3.63, 3.8) is 0 Å². The SMILES string of the molecule is CCc1nc(N2CCC(C(C)N(C)C)CC2)no1. The summed E-state index contributed by atoms with van der Waals surface area (Å²) in [4.78, 5) is 8.94. The normalized spacial score (nSPS) is 19.5. The van der Waals surface area contributed by atoms with Gasteiger partial charge < -0.3 is 14.3 Å². The fourth-order valence-corrected chi connectivity index (χ4v) is 2.52. The molecule has 0 aromatic carbocycles. The maximum absolute atomic E-state index is 5.17. The number of nitrogens with zero attached hydrogens (tertiary/aromatic N) is 4. The molecule has 1 aromatic heterocycles. The number of aromatic nitrogens is 2. The van der Waals surface area contributed by atoms with E-state index in [1.165, 1.54) is 12.8 Å². The maximum atomic E-state index is 5.17. The Bertz CT molecular complexity index is 369. The molecule has 1 unspecified atom stereocenters. The van der Waals surface area contributed by atoms with Crippen LogP contribution in [0, 0.1) is 5.92 Å². The molecule has 2 heterocycles. The first kappa shape index (κ1) is 13.3. The Morgan fingerprint density at radius 1 is 1.39 bits per heavy atom. The number of anilines is 1. The van der Waals surface area contributed by atoms with Crippen LogP contribution in [-0.4, -0.2) is 48.3 Å². The number of hydrogen-bond acceptors (Lipinski definition) is 5. The van der Waals surface area contributed by atoms with Gasteiger partial charge in [0.15, 0.2) is 0 Å². The molecule has 5 nitrogen and oxygen atoms in total. The molecule has 1 saturated heterocycles. The average Bonchev–Trinajstić information content (AvgIpc) is 2.86. The van der Waals surface area contributed by atoms with Crippen LogP contribution in [-0.2, 0) is 6.42 Å². The molecule has 102 valence electrons. The Labute approximate surface area is 109 Å². The minimum atomic E-state index is 0.642. The lowest BCUT2D eigenvalue weighted by Crippen LogP contribution is -2.41. The molecule has 0 amide bonds. The second-order valence-corrected chi connectivity index (χ2v) is 5.37. The van der Waals surface area contributed by atoms with E-state index in [1.807, 2.05) is 6.92 Å². The van der Waals surface area contributed by atoms with E-state index < -0.39 is 0 Å². The Hall–Kier alpha value is -1.10. The number of hydrogen-bond donors (Lipinski definition) is 0. The largest absolute Gasteiger partial charge is 0.338 e. The minimum absolute atomic E-state index is 0.642. The van der Waals surface area contributed by atoms with Crippen molar-refractivity contribution in [2.75, 3.05) is 32.1 Å². The second-order valence-electron chi connectivity index (χ2n) is 5.37. The first-order valence-corrected chi connectivity index (χ1v) is 6.85. The van der Waals surface area contributed by atoms with E-state index in [-0.39, 0.29) is 0 Å². The van der Waals surface area contributed by atoms with Crippen LogP contribution in [0.3, 0.4) is 0 Å². The van der Waals surface area contributed by atoms with E-state index >= 15 is 0 Å². The van der Waals surface area contributed by atoms with Gasteiger partial charge in [-0.15, -0.1) is 0 Å². The van der Waals surface area contributed by atoms with E-state index in [9.17, 15) is 0 Å². The molecule has 0 bridgehead atoms. The van der Waals surface area contributed by atoms with Crippen LogP contribution in [0.25, 0.3) is 0 Å². The lowest BCUT2D eigenvalue weighted by molar-refractivity contribution is 0.198. The van der Waals surface area contributed by atoms with Crippen LogP contribution in [0.2, 0.25) is 0 Å². The summed E-state index contributed by atoms with van der Waals surface area (Å²) >= 11 is 0. The number of aryl methyl sites for hydroxylation is 1. The number of piperidine rings is 1. The Morgan fingerprint density at radius 2 is 2.06 bits per heavy atom. The first-order chi connectivity index (χ1) is 8.61. The van der Waals surface area contributed by atoms with Gasteiger partial charge in [-0.05, 0) is 44.9 Å². The van der Waals surface area contributed by atoms with Gasteiger partial charge in [0.25, 0.3) is 5.95 Å². The molecule has 1 fully saturated rings. The van der Waals surface area contributed by atoms with Crippen LogP contribution in [0.15, 0.2) is 4.52 Å². The molecule has 1 atom stereocenters. The maximum Gasteiger partial charge on any atom is 0.266 e. The fourth-order valence-electron chi connectivity index (χ4n) is 2.52. The highest BCUT2D eigenvalue weighted by atomic mass is 16.5. The third kappa shape index (κ3) is 2.83. The van der Waals surface area contributed by atoms with Crippen molar-refractivity contribution < 1.29 is 4.52 Å². The highest BCUT2D eigenvalue weighted by molar-refractivity contribution is 5.28. The summed E-state index contributed by atoms with van der Waals surface area (Å²) in [7, 11) is 4.31. The highest BCUT2D eigenvalue weighted by Gasteiger charge is 2.26. The Morgan fingerprint density at radius 3 is 2.56 bits per heavy atom. The molecular weight excluding hydrogens is 228 g/mol. The monoisotopic (exact) mass is 252 g/mol. The van der Waals surface area contributed by atoms with E-state index in [0.717, 1.165) is 37.3 Å². The van der Waals surface area contributed by atoms with Crippen LogP contribution in [0.5, 0.6) is 0 Å². The van der Waals surface area contributed by atoms with Gasteiger partial charge in [0.05, 0.1) is 0 Å². The summed E-state index contributed by atoms with van der Waals surface area (Å²) in [6.45, 7) is 6.41. The molecule has 0 saturated carbocycles. The molecule has 5 heteroatoms. The predicted molar refractivity (Wildman–Crippen MR) is 71.8 cm³/mol. The van der Waals surface area contributed by atoms with E-state index in [4.69, 9.17) is 4.52 Å². The number of rotatable bonds is 4.